The molecule has 1 heteroatoms. The summed E-state index contributed by atoms with van der Waals surface area (Å²) >= 11 is 0. The van der Waals surface area contributed by atoms with E-state index >= 15 is 0 Å². The van der Waals surface area contributed by atoms with Crippen molar-refractivity contribution in [2.24, 2.45) is 0 Å². The second kappa shape index (κ2) is 0.983. The standard InChI is InChI=1S/C5H2O/c6-5-3-1-2-4-5/h3-4H. The Morgan fingerprint density at radius 2 is 1.83 bits per heavy atom. The van der Waals surface area contributed by atoms with Crippen LogP contribution in [0.3, 0.4) is 0 Å². The lowest BCUT2D eigenvalue weighted by molar-refractivity contribution is -0.110. The zero-order valence-electron chi connectivity index (χ0n) is 3.06. The number of allylic oxidation sites excluding steroid dienone is 2. The maximum atomic E-state index is 10.0. The van der Waals surface area contributed by atoms with Crippen LogP contribution in [0.15, 0.2) is 23.6 Å². The van der Waals surface area contributed by atoms with Crippen molar-refractivity contribution >= 4 is 5.78 Å². The van der Waals surface area contributed by atoms with Crippen molar-refractivity contribution in [3.8, 4) is 0 Å². The summed E-state index contributed by atoms with van der Waals surface area (Å²) in [5.74, 6) is -0.0185. The van der Waals surface area contributed by atoms with Crippen molar-refractivity contribution in [2.45, 2.75) is 0 Å². The first kappa shape index (κ1) is 3.17. The second-order valence-electron chi connectivity index (χ2n) is 0.980. The molecule has 0 N–H and O–H groups in total. The van der Waals surface area contributed by atoms with E-state index < -0.39 is 0 Å². The van der Waals surface area contributed by atoms with E-state index in [-0.39, 0.29) is 5.78 Å². The Morgan fingerprint density at radius 3 is 2.00 bits per heavy atom. The average molecular weight is 78.1 g/mol. The van der Waals surface area contributed by atoms with E-state index in [9.17, 15) is 4.79 Å². The summed E-state index contributed by atoms with van der Waals surface area (Å²) < 4.78 is 0. The van der Waals surface area contributed by atoms with Crippen LogP contribution in [-0.2, 0) is 4.79 Å². The Balaban J connectivity index is 3.19. The van der Waals surface area contributed by atoms with Gasteiger partial charge in [-0.05, 0) is 0 Å². The van der Waals surface area contributed by atoms with Gasteiger partial charge in [0.15, 0.2) is 5.78 Å². The fourth-order valence-electron chi connectivity index (χ4n) is 0.267. The predicted octanol–water partition coefficient (Wildman–Crippen LogP) is 0.435. The highest BCUT2D eigenvalue weighted by atomic mass is 16.1. The van der Waals surface area contributed by atoms with Gasteiger partial charge in [-0.1, -0.05) is 11.5 Å². The first-order valence-electron chi connectivity index (χ1n) is 1.61. The molecule has 1 aliphatic rings. The molecule has 0 aliphatic heterocycles. The fraction of sp³-hybridized carbons (Fsp3) is 0. The molecule has 0 aromatic rings. The van der Waals surface area contributed by atoms with Crippen molar-refractivity contribution in [3.05, 3.63) is 23.6 Å². The van der Waals surface area contributed by atoms with Crippen molar-refractivity contribution in [1.29, 1.82) is 0 Å². The Kier molecular flexibility index (Phi) is 0.519. The predicted molar refractivity (Wildman–Crippen MR) is 21.2 cm³/mol. The van der Waals surface area contributed by atoms with Gasteiger partial charge in [-0.15, -0.1) is 0 Å². The summed E-state index contributed by atoms with van der Waals surface area (Å²) in [4.78, 5) is 10.0. The summed E-state index contributed by atoms with van der Waals surface area (Å²) in [5.41, 5.74) is 4.98. The fourth-order valence-corrected chi connectivity index (χ4v) is 0.267. The first-order chi connectivity index (χ1) is 2.89. The van der Waals surface area contributed by atoms with Crippen LogP contribution in [-0.4, -0.2) is 5.78 Å². The van der Waals surface area contributed by atoms with Crippen molar-refractivity contribution in [1.82, 2.24) is 0 Å². The summed E-state index contributed by atoms with van der Waals surface area (Å²) in [7, 11) is 0. The van der Waals surface area contributed by atoms with Crippen LogP contribution >= 0.6 is 0 Å². The Bertz CT molecular complexity index is 146. The highest BCUT2D eigenvalue weighted by Crippen LogP contribution is 1.80. The monoisotopic (exact) mass is 78.0 g/mol. The third-order valence-corrected chi connectivity index (χ3v) is 0.512. The summed E-state index contributed by atoms with van der Waals surface area (Å²) in [6.07, 6.45) is 2.69. The first-order valence-corrected chi connectivity index (χ1v) is 1.61. The summed E-state index contributed by atoms with van der Waals surface area (Å²) in [5, 5.41) is 0. The van der Waals surface area contributed by atoms with Gasteiger partial charge in [-0.2, -0.15) is 0 Å². The lowest BCUT2D eigenvalue weighted by Gasteiger charge is -1.60. The molecule has 0 saturated heterocycles. The molecule has 1 nitrogen and oxygen atoms in total. The van der Waals surface area contributed by atoms with Gasteiger partial charge in [-0.25, -0.2) is 0 Å². The molecule has 0 bridgehead atoms. The molecule has 1 aliphatic carbocycles. The zero-order chi connectivity index (χ0) is 4.41. The van der Waals surface area contributed by atoms with E-state index in [2.05, 4.69) is 11.5 Å². The molecule has 0 atom stereocenters. The molecule has 0 aromatic heterocycles. The van der Waals surface area contributed by atoms with Gasteiger partial charge in [0, 0.05) is 12.2 Å². The highest BCUT2D eigenvalue weighted by molar-refractivity contribution is 6.00. The van der Waals surface area contributed by atoms with Gasteiger partial charge in [-0.3, -0.25) is 4.79 Å². The SMILES string of the molecule is O=C1C=C=C=C1. The van der Waals surface area contributed by atoms with E-state index in [1.807, 2.05) is 0 Å². The lowest BCUT2D eigenvalue weighted by Crippen LogP contribution is -1.75. The third-order valence-electron chi connectivity index (χ3n) is 0.512. The van der Waals surface area contributed by atoms with Crippen LogP contribution in [0.1, 0.15) is 0 Å². The van der Waals surface area contributed by atoms with Crippen molar-refractivity contribution < 1.29 is 4.79 Å². The molecule has 0 radical (unpaired) electrons. The van der Waals surface area contributed by atoms with Gasteiger partial charge in [0.05, 0.1) is 0 Å². The molecule has 0 spiro atoms. The molecule has 1 rings (SSSR count). The van der Waals surface area contributed by atoms with Crippen LogP contribution in [0.25, 0.3) is 0 Å². The number of hydrogen-bond donors (Lipinski definition) is 0. The minimum absolute atomic E-state index is 0.0185. The van der Waals surface area contributed by atoms with Crippen LogP contribution < -0.4 is 0 Å². The van der Waals surface area contributed by atoms with Gasteiger partial charge in [0.1, 0.15) is 0 Å². The molecule has 0 fully saturated rings. The maximum absolute atomic E-state index is 10.0. The molecular formula is C5H2O. The highest BCUT2D eigenvalue weighted by Gasteiger charge is 1.86. The van der Waals surface area contributed by atoms with Gasteiger partial charge in [0.25, 0.3) is 0 Å². The van der Waals surface area contributed by atoms with Crippen molar-refractivity contribution in [2.75, 3.05) is 0 Å². The molecule has 28 valence electrons. The number of rotatable bonds is 0. The Morgan fingerprint density at radius 1 is 1.33 bits per heavy atom. The quantitative estimate of drug-likeness (QED) is 0.384. The Labute approximate surface area is 35.3 Å². The van der Waals surface area contributed by atoms with Gasteiger partial charge >= 0.3 is 0 Å². The van der Waals surface area contributed by atoms with Crippen LogP contribution in [0.2, 0.25) is 0 Å². The minimum atomic E-state index is -0.0185. The van der Waals surface area contributed by atoms with E-state index in [4.69, 9.17) is 0 Å². The molecule has 0 amide bonds. The number of hydrogen-bond acceptors (Lipinski definition) is 1. The molecule has 0 saturated carbocycles. The molecular weight excluding hydrogens is 76.1 g/mol. The smallest absolute Gasteiger partial charge is 0.195 e. The summed E-state index contributed by atoms with van der Waals surface area (Å²) in [6.45, 7) is 0. The topological polar surface area (TPSA) is 17.1 Å². The molecule has 0 heterocycles. The minimum Gasteiger partial charge on any atom is -0.289 e. The van der Waals surface area contributed by atoms with E-state index in [0.717, 1.165) is 0 Å². The van der Waals surface area contributed by atoms with E-state index in [1.54, 1.807) is 0 Å². The van der Waals surface area contributed by atoms with Gasteiger partial charge in [0.2, 0.25) is 0 Å². The van der Waals surface area contributed by atoms with Crippen molar-refractivity contribution in [3.63, 3.8) is 0 Å². The number of ketones is 1. The molecule has 6 heavy (non-hydrogen) atoms. The summed E-state index contributed by atoms with van der Waals surface area (Å²) in [6, 6.07) is 0. The van der Waals surface area contributed by atoms with E-state index in [1.165, 1.54) is 12.2 Å². The van der Waals surface area contributed by atoms with Gasteiger partial charge < -0.3 is 0 Å². The second-order valence-corrected chi connectivity index (χ2v) is 0.980. The Hall–Kier alpha value is -1.03. The number of carbonyl (C=O) groups excluding carboxylic acids is 1. The third kappa shape index (κ3) is 0.323. The number of carbonyl (C=O) groups is 1. The lowest BCUT2D eigenvalue weighted by atomic mass is 10.4. The van der Waals surface area contributed by atoms with Crippen LogP contribution in [0.5, 0.6) is 0 Å². The zero-order valence-corrected chi connectivity index (χ0v) is 3.06. The maximum Gasteiger partial charge on any atom is 0.195 e. The van der Waals surface area contributed by atoms with Crippen LogP contribution in [0.4, 0.5) is 0 Å². The molecule has 0 aromatic carbocycles. The molecule has 0 unspecified atom stereocenters. The normalized spacial score (nSPS) is 14.3. The van der Waals surface area contributed by atoms with Crippen LogP contribution in [0, 0.1) is 0 Å². The van der Waals surface area contributed by atoms with E-state index in [0.29, 0.717) is 0 Å². The largest absolute Gasteiger partial charge is 0.289 e. The average Bonchev–Trinajstić information content (AvgIpc) is 1.86.